The van der Waals surface area contributed by atoms with E-state index in [0.29, 0.717) is 24.2 Å². The molecule has 0 saturated carbocycles. The van der Waals surface area contributed by atoms with E-state index >= 15 is 0 Å². The van der Waals surface area contributed by atoms with Crippen molar-refractivity contribution in [3.63, 3.8) is 0 Å². The summed E-state index contributed by atoms with van der Waals surface area (Å²) in [7, 11) is 0. The highest BCUT2D eigenvalue weighted by molar-refractivity contribution is 9.09. The zero-order valence-electron chi connectivity index (χ0n) is 11.2. The number of hydrogen-bond acceptors (Lipinski definition) is 3. The summed E-state index contributed by atoms with van der Waals surface area (Å²) in [6, 6.07) is 3.97. The summed E-state index contributed by atoms with van der Waals surface area (Å²) in [6.45, 7) is 4.86. The number of nitrogens with zero attached hydrogens (tertiary/aromatic N) is 2. The standard InChI is InChI=1S/C13H16BrF3N2O/c1-12(2)8-19(7-9(6-14)20-12)11-5-3-4-10(18-11)13(15,16)17/h3-5,9H,6-8H2,1-2H3. The Kier molecular flexibility index (Phi) is 4.30. The molecule has 1 atom stereocenters. The monoisotopic (exact) mass is 352 g/mol. The average molecular weight is 353 g/mol. The van der Waals surface area contributed by atoms with Crippen LogP contribution in [0.25, 0.3) is 0 Å². The maximum absolute atomic E-state index is 12.7. The van der Waals surface area contributed by atoms with E-state index in [9.17, 15) is 13.2 Å². The minimum Gasteiger partial charge on any atom is -0.368 e. The third-order valence-electron chi connectivity index (χ3n) is 3.00. The second kappa shape index (κ2) is 5.52. The molecule has 2 rings (SSSR count). The van der Waals surface area contributed by atoms with Crippen LogP contribution in [0.5, 0.6) is 0 Å². The molecule has 0 bridgehead atoms. The Bertz CT molecular complexity index is 479. The van der Waals surface area contributed by atoms with Gasteiger partial charge in [-0.3, -0.25) is 0 Å². The molecule has 0 aliphatic carbocycles. The summed E-state index contributed by atoms with van der Waals surface area (Å²) >= 11 is 3.36. The third-order valence-corrected chi connectivity index (χ3v) is 3.72. The zero-order valence-corrected chi connectivity index (χ0v) is 12.8. The van der Waals surface area contributed by atoms with Gasteiger partial charge in [-0.1, -0.05) is 22.0 Å². The molecule has 1 fully saturated rings. The van der Waals surface area contributed by atoms with Gasteiger partial charge in [0.15, 0.2) is 0 Å². The molecule has 0 amide bonds. The predicted molar refractivity (Wildman–Crippen MR) is 74.2 cm³/mol. The summed E-state index contributed by atoms with van der Waals surface area (Å²) in [5.41, 5.74) is -1.29. The Hall–Kier alpha value is -0.820. The molecule has 1 aliphatic rings. The van der Waals surface area contributed by atoms with Crippen LogP contribution in [0.2, 0.25) is 0 Å². The van der Waals surface area contributed by atoms with Crippen molar-refractivity contribution in [2.45, 2.75) is 31.7 Å². The molecule has 0 N–H and O–H groups in total. The van der Waals surface area contributed by atoms with Crippen LogP contribution < -0.4 is 4.90 Å². The van der Waals surface area contributed by atoms with Crippen molar-refractivity contribution >= 4 is 21.7 Å². The molecule has 0 aromatic carbocycles. The molecule has 1 aromatic heterocycles. The number of ether oxygens (including phenoxy) is 1. The summed E-state index contributed by atoms with van der Waals surface area (Å²) in [4.78, 5) is 5.57. The fraction of sp³-hybridized carbons (Fsp3) is 0.615. The lowest BCUT2D eigenvalue weighted by atomic mass is 10.1. The number of alkyl halides is 4. The molecule has 3 nitrogen and oxygen atoms in total. The number of rotatable bonds is 2. The molecule has 1 unspecified atom stereocenters. The van der Waals surface area contributed by atoms with E-state index < -0.39 is 17.5 Å². The van der Waals surface area contributed by atoms with Gasteiger partial charge in [0.1, 0.15) is 11.5 Å². The van der Waals surface area contributed by atoms with Crippen molar-refractivity contribution in [2.24, 2.45) is 0 Å². The average Bonchev–Trinajstić information content (AvgIpc) is 2.36. The van der Waals surface area contributed by atoms with Crippen molar-refractivity contribution < 1.29 is 17.9 Å². The summed E-state index contributed by atoms with van der Waals surface area (Å²) in [5, 5.41) is 0.631. The summed E-state index contributed by atoms with van der Waals surface area (Å²) in [6.07, 6.45) is -4.50. The Morgan fingerprint density at radius 3 is 2.75 bits per heavy atom. The minimum atomic E-state index is -4.42. The smallest absolute Gasteiger partial charge is 0.368 e. The van der Waals surface area contributed by atoms with Crippen molar-refractivity contribution in [1.82, 2.24) is 4.98 Å². The fourth-order valence-corrected chi connectivity index (χ4v) is 2.64. The molecule has 1 saturated heterocycles. The van der Waals surface area contributed by atoms with Gasteiger partial charge >= 0.3 is 6.18 Å². The van der Waals surface area contributed by atoms with E-state index in [-0.39, 0.29) is 6.10 Å². The summed E-state index contributed by atoms with van der Waals surface area (Å²) < 4.78 is 44.0. The zero-order chi connectivity index (χ0) is 15.0. The van der Waals surface area contributed by atoms with Gasteiger partial charge in [-0.05, 0) is 26.0 Å². The van der Waals surface area contributed by atoms with E-state index in [1.165, 1.54) is 6.07 Å². The SMILES string of the molecule is CC1(C)CN(c2cccc(C(F)(F)F)n2)CC(CBr)O1. The Morgan fingerprint density at radius 1 is 1.45 bits per heavy atom. The highest BCUT2D eigenvalue weighted by Crippen LogP contribution is 2.31. The molecule has 0 radical (unpaired) electrons. The van der Waals surface area contributed by atoms with Gasteiger partial charge in [-0.2, -0.15) is 13.2 Å². The largest absolute Gasteiger partial charge is 0.433 e. The first-order chi connectivity index (χ1) is 9.21. The predicted octanol–water partition coefficient (Wildman–Crippen LogP) is 3.48. The van der Waals surface area contributed by atoms with E-state index in [1.54, 1.807) is 6.07 Å². The molecular weight excluding hydrogens is 337 g/mol. The topological polar surface area (TPSA) is 25.4 Å². The van der Waals surface area contributed by atoms with Crippen LogP contribution in [0, 0.1) is 0 Å². The van der Waals surface area contributed by atoms with E-state index in [0.717, 1.165) is 6.07 Å². The first-order valence-corrected chi connectivity index (χ1v) is 7.36. The van der Waals surface area contributed by atoms with Gasteiger partial charge < -0.3 is 9.64 Å². The van der Waals surface area contributed by atoms with Crippen molar-refractivity contribution in [2.75, 3.05) is 23.3 Å². The number of pyridine rings is 1. The normalized spacial score (nSPS) is 22.9. The lowest BCUT2D eigenvalue weighted by Gasteiger charge is -2.43. The number of anilines is 1. The highest BCUT2D eigenvalue weighted by Gasteiger charge is 2.36. The van der Waals surface area contributed by atoms with E-state index in [4.69, 9.17) is 4.74 Å². The van der Waals surface area contributed by atoms with E-state index in [1.807, 2.05) is 18.7 Å². The third kappa shape index (κ3) is 3.63. The van der Waals surface area contributed by atoms with Crippen LogP contribution in [0.3, 0.4) is 0 Å². The number of morpholine rings is 1. The molecule has 0 spiro atoms. The summed E-state index contributed by atoms with van der Waals surface area (Å²) in [5.74, 6) is 0.335. The Morgan fingerprint density at radius 2 is 2.15 bits per heavy atom. The van der Waals surface area contributed by atoms with Gasteiger partial charge in [-0.15, -0.1) is 0 Å². The van der Waals surface area contributed by atoms with Crippen molar-refractivity contribution in [3.8, 4) is 0 Å². The maximum Gasteiger partial charge on any atom is 0.433 e. The minimum absolute atomic E-state index is 0.0740. The molecule has 112 valence electrons. The van der Waals surface area contributed by atoms with Crippen LogP contribution in [-0.4, -0.2) is 35.1 Å². The fourth-order valence-electron chi connectivity index (χ4n) is 2.31. The lowest BCUT2D eigenvalue weighted by molar-refractivity contribution is -0.141. The molecule has 1 aliphatic heterocycles. The van der Waals surface area contributed by atoms with Crippen molar-refractivity contribution in [1.29, 1.82) is 0 Å². The number of aromatic nitrogens is 1. The second-order valence-electron chi connectivity index (χ2n) is 5.41. The molecule has 7 heteroatoms. The van der Waals surface area contributed by atoms with Gasteiger partial charge in [0.05, 0.1) is 11.7 Å². The first-order valence-electron chi connectivity index (χ1n) is 6.24. The second-order valence-corrected chi connectivity index (χ2v) is 6.06. The van der Waals surface area contributed by atoms with E-state index in [2.05, 4.69) is 20.9 Å². The molecule has 1 aromatic rings. The Labute approximate surface area is 124 Å². The Balaban J connectivity index is 2.26. The van der Waals surface area contributed by atoms with Crippen LogP contribution in [0.15, 0.2) is 18.2 Å². The van der Waals surface area contributed by atoms with Gasteiger partial charge in [0.25, 0.3) is 0 Å². The van der Waals surface area contributed by atoms with Gasteiger partial charge in [0, 0.05) is 18.4 Å². The quantitative estimate of drug-likeness (QED) is 0.762. The van der Waals surface area contributed by atoms with Crippen LogP contribution in [0.1, 0.15) is 19.5 Å². The van der Waals surface area contributed by atoms with Gasteiger partial charge in [-0.25, -0.2) is 4.98 Å². The van der Waals surface area contributed by atoms with Gasteiger partial charge in [0.2, 0.25) is 0 Å². The maximum atomic E-state index is 12.7. The molecule has 2 heterocycles. The highest BCUT2D eigenvalue weighted by atomic mass is 79.9. The molecule has 20 heavy (non-hydrogen) atoms. The lowest BCUT2D eigenvalue weighted by Crippen LogP contribution is -2.53. The molecular formula is C13H16BrF3N2O. The van der Waals surface area contributed by atoms with Crippen molar-refractivity contribution in [3.05, 3.63) is 23.9 Å². The number of hydrogen-bond donors (Lipinski definition) is 0. The number of halogens is 4. The van der Waals surface area contributed by atoms with Crippen LogP contribution >= 0.6 is 15.9 Å². The first kappa shape index (κ1) is 15.6. The van der Waals surface area contributed by atoms with Crippen LogP contribution in [-0.2, 0) is 10.9 Å². The van der Waals surface area contributed by atoms with Crippen LogP contribution in [0.4, 0.5) is 19.0 Å².